The van der Waals surface area contributed by atoms with Gasteiger partial charge in [-0.15, -0.1) is 0 Å². The number of carbonyl (C=O) groups excluding carboxylic acids is 1. The van der Waals surface area contributed by atoms with Crippen LogP contribution in [0, 0.1) is 5.92 Å². The smallest absolute Gasteiger partial charge is 0.165 e. The predicted molar refractivity (Wildman–Crippen MR) is 71.9 cm³/mol. The number of ketones is 1. The molecule has 0 saturated heterocycles. The molecule has 0 saturated carbocycles. The Kier molecular flexibility index (Phi) is 3.19. The van der Waals surface area contributed by atoms with Crippen molar-refractivity contribution in [3.8, 4) is 0 Å². The number of hydrogen-bond donors (Lipinski definition) is 0. The summed E-state index contributed by atoms with van der Waals surface area (Å²) in [6.45, 7) is 6.50. The molecule has 0 radical (unpaired) electrons. The Morgan fingerprint density at radius 3 is 2.59 bits per heavy atom. The van der Waals surface area contributed by atoms with Gasteiger partial charge in [-0.1, -0.05) is 44.2 Å². The molecule has 1 atom stereocenters. The fourth-order valence-corrected chi connectivity index (χ4v) is 2.46. The highest BCUT2D eigenvalue weighted by Crippen LogP contribution is 2.37. The zero-order valence-corrected chi connectivity index (χ0v) is 10.9. The van der Waals surface area contributed by atoms with Gasteiger partial charge in [0.1, 0.15) is 0 Å². The lowest BCUT2D eigenvalue weighted by Gasteiger charge is -2.32. The third-order valence-corrected chi connectivity index (χ3v) is 3.74. The molecule has 2 rings (SSSR count). The van der Waals surface area contributed by atoms with E-state index in [0.717, 1.165) is 12.8 Å². The summed E-state index contributed by atoms with van der Waals surface area (Å²) in [7, 11) is 0. The van der Waals surface area contributed by atoms with Gasteiger partial charge in [0, 0.05) is 0 Å². The molecule has 1 aromatic carbocycles. The molecule has 1 nitrogen and oxygen atoms in total. The van der Waals surface area contributed by atoms with Crippen LogP contribution in [0.5, 0.6) is 0 Å². The lowest BCUT2D eigenvalue weighted by atomic mass is 9.70. The number of rotatable bonds is 3. The van der Waals surface area contributed by atoms with E-state index in [0.29, 0.717) is 5.92 Å². The summed E-state index contributed by atoms with van der Waals surface area (Å²) in [5.41, 5.74) is 2.06. The third kappa shape index (κ3) is 2.19. The van der Waals surface area contributed by atoms with Gasteiger partial charge in [0.25, 0.3) is 0 Å². The second kappa shape index (κ2) is 4.48. The van der Waals surface area contributed by atoms with E-state index < -0.39 is 0 Å². The minimum atomic E-state index is -0.324. The van der Waals surface area contributed by atoms with Crippen LogP contribution in [0.2, 0.25) is 0 Å². The van der Waals surface area contributed by atoms with Gasteiger partial charge >= 0.3 is 0 Å². The van der Waals surface area contributed by atoms with Crippen molar-refractivity contribution in [2.45, 2.75) is 39.0 Å². The normalized spacial score (nSPS) is 22.9. The van der Waals surface area contributed by atoms with Gasteiger partial charge in [0.2, 0.25) is 0 Å². The zero-order chi connectivity index (χ0) is 12.5. The van der Waals surface area contributed by atoms with E-state index in [1.165, 1.54) is 11.1 Å². The number of fused-ring (bicyclic) bond motifs is 1. The highest BCUT2D eigenvalue weighted by molar-refractivity contribution is 6.04. The molecule has 0 heterocycles. The molecule has 0 bridgehead atoms. The van der Waals surface area contributed by atoms with Crippen LogP contribution in [0.3, 0.4) is 0 Å². The minimum absolute atomic E-state index is 0.247. The van der Waals surface area contributed by atoms with Crippen LogP contribution in [0.1, 0.15) is 44.7 Å². The van der Waals surface area contributed by atoms with Gasteiger partial charge in [0.15, 0.2) is 5.78 Å². The molecule has 90 valence electrons. The van der Waals surface area contributed by atoms with Gasteiger partial charge < -0.3 is 0 Å². The average Bonchev–Trinajstić information content (AvgIpc) is 2.32. The Hall–Kier alpha value is -1.37. The Balaban J connectivity index is 2.38. The van der Waals surface area contributed by atoms with Crippen molar-refractivity contribution in [2.75, 3.05) is 0 Å². The van der Waals surface area contributed by atoms with Crippen molar-refractivity contribution in [2.24, 2.45) is 5.92 Å². The first kappa shape index (κ1) is 12.1. The molecule has 0 fully saturated rings. The van der Waals surface area contributed by atoms with Gasteiger partial charge in [-0.2, -0.15) is 0 Å². The SMILES string of the molecule is CC(C)CCC1(C)C(=O)C=Cc2ccccc21. The highest BCUT2D eigenvalue weighted by Gasteiger charge is 2.36. The molecule has 1 heteroatoms. The van der Waals surface area contributed by atoms with Gasteiger partial charge in [0.05, 0.1) is 5.41 Å². The molecule has 17 heavy (non-hydrogen) atoms. The lowest BCUT2D eigenvalue weighted by Crippen LogP contribution is -2.34. The van der Waals surface area contributed by atoms with Crippen LogP contribution in [-0.2, 0) is 10.2 Å². The highest BCUT2D eigenvalue weighted by atomic mass is 16.1. The first-order chi connectivity index (χ1) is 8.04. The van der Waals surface area contributed by atoms with E-state index >= 15 is 0 Å². The molecule has 0 spiro atoms. The van der Waals surface area contributed by atoms with E-state index in [-0.39, 0.29) is 11.2 Å². The van der Waals surface area contributed by atoms with Crippen LogP contribution >= 0.6 is 0 Å². The van der Waals surface area contributed by atoms with E-state index in [9.17, 15) is 4.79 Å². The average molecular weight is 228 g/mol. The van der Waals surface area contributed by atoms with Crippen LogP contribution in [0.4, 0.5) is 0 Å². The molecule has 1 unspecified atom stereocenters. The van der Waals surface area contributed by atoms with Crippen molar-refractivity contribution in [1.29, 1.82) is 0 Å². The van der Waals surface area contributed by atoms with Crippen molar-refractivity contribution >= 4 is 11.9 Å². The Labute approximate surface area is 104 Å². The maximum atomic E-state index is 12.2. The fourth-order valence-electron chi connectivity index (χ4n) is 2.46. The van der Waals surface area contributed by atoms with Crippen molar-refractivity contribution in [1.82, 2.24) is 0 Å². The Bertz CT molecular complexity index is 456. The van der Waals surface area contributed by atoms with Crippen LogP contribution in [0.25, 0.3) is 6.08 Å². The second-order valence-corrected chi connectivity index (χ2v) is 5.55. The first-order valence-electron chi connectivity index (χ1n) is 6.36. The summed E-state index contributed by atoms with van der Waals surface area (Å²) in [5.74, 6) is 0.884. The molecule has 0 aliphatic heterocycles. The number of allylic oxidation sites excluding steroid dienone is 1. The molecule has 1 aromatic rings. The summed E-state index contributed by atoms with van der Waals surface area (Å²) in [6.07, 6.45) is 5.70. The Morgan fingerprint density at radius 1 is 1.18 bits per heavy atom. The standard InChI is InChI=1S/C16H20O/c1-12(2)10-11-16(3)14-7-5-4-6-13(14)8-9-15(16)17/h4-9,12H,10-11H2,1-3H3. The summed E-state index contributed by atoms with van der Waals surface area (Å²) >= 11 is 0. The Morgan fingerprint density at radius 2 is 1.88 bits per heavy atom. The topological polar surface area (TPSA) is 17.1 Å². The fraction of sp³-hybridized carbons (Fsp3) is 0.438. The molecule has 0 amide bonds. The summed E-state index contributed by atoms with van der Waals surface area (Å²) < 4.78 is 0. The number of carbonyl (C=O) groups is 1. The van der Waals surface area contributed by atoms with Gasteiger partial charge in [-0.25, -0.2) is 0 Å². The lowest BCUT2D eigenvalue weighted by molar-refractivity contribution is -0.119. The monoisotopic (exact) mass is 228 g/mol. The van der Waals surface area contributed by atoms with E-state index in [1.54, 1.807) is 6.08 Å². The zero-order valence-electron chi connectivity index (χ0n) is 10.9. The number of hydrogen-bond acceptors (Lipinski definition) is 1. The predicted octanol–water partition coefficient (Wildman–Crippen LogP) is 3.98. The molecule has 1 aliphatic carbocycles. The molecular formula is C16H20O. The quantitative estimate of drug-likeness (QED) is 0.765. The van der Waals surface area contributed by atoms with Crippen LogP contribution in [-0.4, -0.2) is 5.78 Å². The van der Waals surface area contributed by atoms with Crippen LogP contribution in [0.15, 0.2) is 30.3 Å². The number of benzene rings is 1. The van der Waals surface area contributed by atoms with Gasteiger partial charge in [-0.3, -0.25) is 4.79 Å². The van der Waals surface area contributed by atoms with E-state index in [2.05, 4.69) is 32.9 Å². The maximum Gasteiger partial charge on any atom is 0.165 e. The summed E-state index contributed by atoms with van der Waals surface area (Å²) in [4.78, 5) is 12.2. The molecule has 0 N–H and O–H groups in total. The van der Waals surface area contributed by atoms with Crippen molar-refractivity contribution in [3.63, 3.8) is 0 Å². The van der Waals surface area contributed by atoms with E-state index in [1.807, 2.05) is 18.2 Å². The minimum Gasteiger partial charge on any atom is -0.294 e. The second-order valence-electron chi connectivity index (χ2n) is 5.55. The summed E-state index contributed by atoms with van der Waals surface area (Å²) in [5, 5.41) is 0. The van der Waals surface area contributed by atoms with E-state index in [4.69, 9.17) is 0 Å². The van der Waals surface area contributed by atoms with Crippen LogP contribution < -0.4 is 0 Å². The molecule has 0 aromatic heterocycles. The third-order valence-electron chi connectivity index (χ3n) is 3.74. The summed E-state index contributed by atoms with van der Waals surface area (Å²) in [6, 6.07) is 8.24. The van der Waals surface area contributed by atoms with Crippen molar-refractivity contribution < 1.29 is 4.79 Å². The molecule has 1 aliphatic rings. The largest absolute Gasteiger partial charge is 0.294 e. The maximum absolute atomic E-state index is 12.2. The van der Waals surface area contributed by atoms with Gasteiger partial charge in [-0.05, 0) is 42.9 Å². The van der Waals surface area contributed by atoms with Crippen molar-refractivity contribution in [3.05, 3.63) is 41.5 Å². The first-order valence-corrected chi connectivity index (χ1v) is 6.36. The molecular weight excluding hydrogens is 208 g/mol.